The van der Waals surface area contributed by atoms with Gasteiger partial charge >= 0.3 is 0 Å². The van der Waals surface area contributed by atoms with Crippen molar-refractivity contribution in [2.75, 3.05) is 0 Å². The number of fused-ring (bicyclic) bond motifs is 2. The third-order valence-corrected chi connectivity index (χ3v) is 2.15. The van der Waals surface area contributed by atoms with Crippen LogP contribution in [0.25, 0.3) is 0 Å². The Labute approximate surface area is 73.4 Å². The smallest absolute Gasteiger partial charge is 0.0805 e. The van der Waals surface area contributed by atoms with Crippen molar-refractivity contribution in [3.05, 3.63) is 36.5 Å². The fourth-order valence-corrected chi connectivity index (χ4v) is 1.51. The quantitative estimate of drug-likeness (QED) is 0.494. The van der Waals surface area contributed by atoms with E-state index < -0.39 is 0 Å². The van der Waals surface area contributed by atoms with Crippen molar-refractivity contribution in [1.82, 2.24) is 0 Å². The number of rotatable bonds is 0. The zero-order valence-corrected chi connectivity index (χ0v) is 7.05. The maximum atomic E-state index is 5.68. The highest BCUT2D eigenvalue weighted by Crippen LogP contribution is 2.22. The monoisotopic (exact) mass is 160 g/mol. The minimum Gasteiger partial charge on any atom is -0.366 e. The van der Waals surface area contributed by atoms with Gasteiger partial charge in [-0.1, -0.05) is 24.3 Å². The van der Waals surface area contributed by atoms with E-state index in [1.54, 1.807) is 0 Å². The normalized spacial score (nSPS) is 34.5. The second kappa shape index (κ2) is 3.28. The van der Waals surface area contributed by atoms with Crippen LogP contribution in [0, 0.1) is 12.2 Å². The van der Waals surface area contributed by atoms with E-state index in [1.165, 1.54) is 5.57 Å². The van der Waals surface area contributed by atoms with Gasteiger partial charge in [-0.25, -0.2) is 0 Å². The van der Waals surface area contributed by atoms with Crippen molar-refractivity contribution in [1.29, 1.82) is 0 Å². The van der Waals surface area contributed by atoms with E-state index in [2.05, 4.69) is 30.9 Å². The summed E-state index contributed by atoms with van der Waals surface area (Å²) < 4.78 is 5.68. The predicted molar refractivity (Wildman–Crippen MR) is 47.3 cm³/mol. The average Bonchev–Trinajstić information content (AvgIpc) is 2.49. The summed E-state index contributed by atoms with van der Waals surface area (Å²) in [7, 11) is 0. The second-order valence-corrected chi connectivity index (χ2v) is 3.29. The Bertz CT molecular complexity index is 237. The summed E-state index contributed by atoms with van der Waals surface area (Å²) in [5.41, 5.74) is 1.18. The van der Waals surface area contributed by atoms with E-state index in [0.717, 1.165) is 19.3 Å². The molecule has 0 aromatic rings. The maximum Gasteiger partial charge on any atom is 0.0805 e. The van der Waals surface area contributed by atoms with Crippen LogP contribution in [0.3, 0.4) is 0 Å². The first-order valence-corrected chi connectivity index (χ1v) is 4.31. The molecule has 0 N–H and O–H groups in total. The van der Waals surface area contributed by atoms with E-state index in [1.807, 2.05) is 0 Å². The van der Waals surface area contributed by atoms with Crippen LogP contribution in [0.2, 0.25) is 0 Å². The molecule has 2 heterocycles. The van der Waals surface area contributed by atoms with Crippen LogP contribution in [0.15, 0.2) is 24.3 Å². The van der Waals surface area contributed by atoms with Crippen LogP contribution in [0.4, 0.5) is 0 Å². The van der Waals surface area contributed by atoms with E-state index in [-0.39, 0.29) is 12.2 Å². The molecule has 0 fully saturated rings. The molecule has 2 radical (unpaired) electrons. The lowest BCUT2D eigenvalue weighted by Crippen LogP contribution is -2.11. The first-order chi connectivity index (χ1) is 5.84. The summed E-state index contributed by atoms with van der Waals surface area (Å²) in [5, 5.41) is 0. The van der Waals surface area contributed by atoms with Crippen molar-refractivity contribution in [2.24, 2.45) is 0 Å². The number of allylic oxidation sites excluding steroid dienone is 1. The average molecular weight is 160 g/mol. The molecule has 2 aliphatic rings. The van der Waals surface area contributed by atoms with Crippen LogP contribution >= 0.6 is 0 Å². The van der Waals surface area contributed by atoms with Crippen LogP contribution in [-0.4, -0.2) is 12.2 Å². The molecule has 0 amide bonds. The van der Waals surface area contributed by atoms with E-state index in [0.29, 0.717) is 0 Å². The van der Waals surface area contributed by atoms with Gasteiger partial charge in [0.25, 0.3) is 0 Å². The topological polar surface area (TPSA) is 9.23 Å². The van der Waals surface area contributed by atoms with Gasteiger partial charge in [0, 0.05) is 6.42 Å². The van der Waals surface area contributed by atoms with Gasteiger partial charge in [0.2, 0.25) is 0 Å². The molecule has 0 aromatic heterocycles. The van der Waals surface area contributed by atoms with Crippen molar-refractivity contribution in [3.8, 4) is 0 Å². The van der Waals surface area contributed by atoms with Gasteiger partial charge in [-0.2, -0.15) is 0 Å². The molecule has 0 aliphatic carbocycles. The summed E-state index contributed by atoms with van der Waals surface area (Å²) in [4.78, 5) is 0. The number of hydrogen-bond acceptors (Lipinski definition) is 1. The van der Waals surface area contributed by atoms with Gasteiger partial charge < -0.3 is 4.74 Å². The molecule has 0 saturated heterocycles. The second-order valence-electron chi connectivity index (χ2n) is 3.29. The standard InChI is InChI=1S/C11H12O/c1-9-4-2-3-5-10-6-7-11(8-9)12-10/h6-7,10-11H,1,4-5,8H2/t10-,11-/m0/s1. The lowest BCUT2D eigenvalue weighted by Gasteiger charge is -2.11. The van der Waals surface area contributed by atoms with Gasteiger partial charge in [0.05, 0.1) is 12.2 Å². The molecule has 2 bridgehead atoms. The first kappa shape index (κ1) is 7.81. The van der Waals surface area contributed by atoms with Crippen LogP contribution < -0.4 is 0 Å². The lowest BCUT2D eigenvalue weighted by atomic mass is 10.1. The van der Waals surface area contributed by atoms with Crippen LogP contribution in [-0.2, 0) is 4.74 Å². The molecule has 2 atom stereocenters. The zero-order valence-electron chi connectivity index (χ0n) is 7.05. The Kier molecular flexibility index (Phi) is 2.13. The molecule has 1 nitrogen and oxygen atoms in total. The third-order valence-electron chi connectivity index (χ3n) is 2.15. The first-order valence-electron chi connectivity index (χ1n) is 4.31. The molecule has 12 heavy (non-hydrogen) atoms. The molecule has 0 spiro atoms. The number of hydrogen-bond donors (Lipinski definition) is 0. The van der Waals surface area contributed by atoms with Crippen molar-refractivity contribution >= 4 is 0 Å². The summed E-state index contributed by atoms with van der Waals surface area (Å²) >= 11 is 0. The zero-order chi connectivity index (χ0) is 8.39. The van der Waals surface area contributed by atoms with Crippen molar-refractivity contribution in [2.45, 2.75) is 31.5 Å². The molecule has 2 aliphatic heterocycles. The lowest BCUT2D eigenvalue weighted by molar-refractivity contribution is 0.0628. The highest BCUT2D eigenvalue weighted by Gasteiger charge is 2.19. The molecule has 62 valence electrons. The molecule has 0 aromatic carbocycles. The fraction of sp³-hybridized carbons (Fsp3) is 0.455. The van der Waals surface area contributed by atoms with Crippen LogP contribution in [0.5, 0.6) is 0 Å². The molecular weight excluding hydrogens is 148 g/mol. The molecular formula is C11H12O. The highest BCUT2D eigenvalue weighted by atomic mass is 16.5. The SMILES string of the molecule is C=C1C[C]=[C]C[C@H]2C=C[C@@H](C1)O2. The maximum absolute atomic E-state index is 5.68. The van der Waals surface area contributed by atoms with E-state index in [9.17, 15) is 0 Å². The molecule has 2 rings (SSSR count). The Morgan fingerprint density at radius 3 is 3.08 bits per heavy atom. The fourth-order valence-electron chi connectivity index (χ4n) is 1.51. The molecule has 0 unspecified atom stereocenters. The highest BCUT2D eigenvalue weighted by molar-refractivity contribution is 5.11. The molecule has 0 saturated carbocycles. The van der Waals surface area contributed by atoms with E-state index in [4.69, 9.17) is 4.74 Å². The Hall–Kier alpha value is -0.820. The minimum absolute atomic E-state index is 0.230. The Morgan fingerprint density at radius 1 is 1.33 bits per heavy atom. The Balaban J connectivity index is 2.10. The largest absolute Gasteiger partial charge is 0.366 e. The Morgan fingerprint density at radius 2 is 2.17 bits per heavy atom. The predicted octanol–water partition coefficient (Wildman–Crippen LogP) is 2.21. The summed E-state index contributed by atoms with van der Waals surface area (Å²) in [6.45, 7) is 3.96. The van der Waals surface area contributed by atoms with Crippen molar-refractivity contribution < 1.29 is 4.74 Å². The summed E-state index contributed by atoms with van der Waals surface area (Å²) in [6, 6.07) is 0. The number of ether oxygens (including phenoxy) is 1. The van der Waals surface area contributed by atoms with Gasteiger partial charge in [0.15, 0.2) is 0 Å². The minimum atomic E-state index is 0.230. The van der Waals surface area contributed by atoms with Gasteiger partial charge in [0.1, 0.15) is 0 Å². The summed E-state index contributed by atoms with van der Waals surface area (Å²) in [6.07, 6.45) is 13.5. The van der Waals surface area contributed by atoms with E-state index >= 15 is 0 Å². The van der Waals surface area contributed by atoms with Gasteiger partial charge in [-0.05, 0) is 25.0 Å². The van der Waals surface area contributed by atoms with Gasteiger partial charge in [-0.15, -0.1) is 0 Å². The van der Waals surface area contributed by atoms with Crippen LogP contribution in [0.1, 0.15) is 19.3 Å². The molecule has 1 heteroatoms. The van der Waals surface area contributed by atoms with Crippen molar-refractivity contribution in [3.63, 3.8) is 0 Å². The third kappa shape index (κ3) is 1.67. The summed E-state index contributed by atoms with van der Waals surface area (Å²) in [5.74, 6) is 0. The van der Waals surface area contributed by atoms with Gasteiger partial charge in [-0.3, -0.25) is 0 Å².